The second-order valence-corrected chi connectivity index (χ2v) is 7.77. The summed E-state index contributed by atoms with van der Waals surface area (Å²) in [5.41, 5.74) is 2.97. The number of halogens is 1. The van der Waals surface area contributed by atoms with E-state index in [1.54, 1.807) is 21.9 Å². The van der Waals surface area contributed by atoms with Crippen molar-refractivity contribution in [2.75, 3.05) is 32.8 Å². The molecule has 2 amide bonds. The first-order valence-corrected chi connectivity index (χ1v) is 11.0. The molecule has 1 aliphatic rings. The number of hydrogen-bond donors (Lipinski definition) is 0. The van der Waals surface area contributed by atoms with Crippen molar-refractivity contribution in [2.45, 2.75) is 27.2 Å². The van der Waals surface area contributed by atoms with Crippen molar-refractivity contribution in [1.29, 1.82) is 0 Å². The zero-order valence-electron chi connectivity index (χ0n) is 18.2. The topological polar surface area (TPSA) is 62.7 Å². The summed E-state index contributed by atoms with van der Waals surface area (Å²) in [6.45, 7) is 8.13. The zero-order chi connectivity index (χ0) is 22.4. The number of rotatable bonds is 5. The Morgan fingerprint density at radius 2 is 1.84 bits per heavy atom. The second-order valence-electron chi connectivity index (χ2n) is 7.36. The number of fused-ring (bicyclic) bond motifs is 1. The lowest BCUT2D eigenvalue weighted by atomic mass is 10.1. The third-order valence-corrected chi connectivity index (χ3v) is 5.53. The van der Waals surface area contributed by atoms with Gasteiger partial charge in [-0.2, -0.15) is 0 Å². The van der Waals surface area contributed by atoms with Crippen LogP contribution in [0.25, 0.3) is 16.5 Å². The summed E-state index contributed by atoms with van der Waals surface area (Å²) in [7, 11) is 0. The molecule has 1 fully saturated rings. The summed E-state index contributed by atoms with van der Waals surface area (Å²) >= 11 is 6.49. The Bertz CT molecular complexity index is 1020. The molecule has 0 unspecified atom stereocenters. The number of carbonyl (C=O) groups is 2. The smallest absolute Gasteiger partial charge is 0.409 e. The highest BCUT2D eigenvalue weighted by Gasteiger charge is 2.26. The van der Waals surface area contributed by atoms with Crippen LogP contribution in [0.4, 0.5) is 4.79 Å². The van der Waals surface area contributed by atoms with Gasteiger partial charge in [0.15, 0.2) is 0 Å². The molecule has 1 aromatic heterocycles. The van der Waals surface area contributed by atoms with Gasteiger partial charge in [0.1, 0.15) is 0 Å². The molecule has 1 saturated heterocycles. The number of nitrogens with zero attached hydrogens (tertiary/aromatic N) is 3. The minimum atomic E-state index is -0.313. The molecule has 0 spiro atoms. The molecule has 0 radical (unpaired) electrons. The van der Waals surface area contributed by atoms with E-state index in [1.165, 1.54) is 0 Å². The lowest BCUT2D eigenvalue weighted by Crippen LogP contribution is -2.50. The van der Waals surface area contributed by atoms with Gasteiger partial charge in [-0.25, -0.2) is 9.78 Å². The fraction of sp³-hybridized carbons (Fsp3) is 0.375. The highest BCUT2D eigenvalue weighted by atomic mass is 35.5. The highest BCUT2D eigenvalue weighted by molar-refractivity contribution is 6.35. The average Bonchev–Trinajstić information content (AvgIpc) is 2.80. The minimum Gasteiger partial charge on any atom is -0.449 e. The van der Waals surface area contributed by atoms with Crippen molar-refractivity contribution in [3.8, 4) is 0 Å². The fourth-order valence-corrected chi connectivity index (χ4v) is 3.79. The number of piperazine rings is 1. The van der Waals surface area contributed by atoms with E-state index in [2.05, 4.69) is 0 Å². The maximum atomic E-state index is 13.1. The lowest BCUT2D eigenvalue weighted by molar-refractivity contribution is 0.0560. The Hall–Kier alpha value is -2.86. The van der Waals surface area contributed by atoms with Gasteiger partial charge in [-0.15, -0.1) is 0 Å². The van der Waals surface area contributed by atoms with Gasteiger partial charge in [-0.05, 0) is 44.0 Å². The molecule has 164 valence electrons. The standard InChI is InChI=1S/C24H28ClN3O3/c1-4-7-17(6-3)21-16-20(25)19-9-8-18(15-22(19)26-21)23(29)27-10-12-28(13-11-27)24(30)31-14-5-2/h4,6-9,15-16H,5,10-14H2,1-3H3/b7-4-,17-6+. The second kappa shape index (κ2) is 10.4. The van der Waals surface area contributed by atoms with Crippen molar-refractivity contribution in [1.82, 2.24) is 14.8 Å². The minimum absolute atomic E-state index is 0.0773. The molecular weight excluding hydrogens is 414 g/mol. The van der Waals surface area contributed by atoms with E-state index < -0.39 is 0 Å². The predicted octanol–water partition coefficient (Wildman–Crippen LogP) is 5.17. The van der Waals surface area contributed by atoms with Crippen LogP contribution in [0.15, 0.2) is 42.5 Å². The van der Waals surface area contributed by atoms with Crippen LogP contribution in [0.3, 0.4) is 0 Å². The van der Waals surface area contributed by atoms with E-state index in [4.69, 9.17) is 21.3 Å². The van der Waals surface area contributed by atoms with Crippen molar-refractivity contribution in [2.24, 2.45) is 0 Å². The summed E-state index contributed by atoms with van der Waals surface area (Å²) in [6, 6.07) is 7.25. The highest BCUT2D eigenvalue weighted by Crippen LogP contribution is 2.28. The number of amides is 2. The molecule has 0 saturated carbocycles. The molecule has 0 bridgehead atoms. The Morgan fingerprint density at radius 1 is 1.13 bits per heavy atom. The van der Waals surface area contributed by atoms with Crippen LogP contribution >= 0.6 is 11.6 Å². The van der Waals surface area contributed by atoms with Crippen molar-refractivity contribution in [3.05, 3.63) is 58.8 Å². The van der Waals surface area contributed by atoms with Crippen LogP contribution < -0.4 is 0 Å². The number of allylic oxidation sites excluding steroid dienone is 4. The van der Waals surface area contributed by atoms with Crippen LogP contribution in [0.5, 0.6) is 0 Å². The summed E-state index contributed by atoms with van der Waals surface area (Å²) in [5.74, 6) is -0.0773. The number of hydrogen-bond acceptors (Lipinski definition) is 4. The van der Waals surface area contributed by atoms with Gasteiger partial charge < -0.3 is 14.5 Å². The first kappa shape index (κ1) is 22.8. The van der Waals surface area contributed by atoms with Gasteiger partial charge in [-0.3, -0.25) is 4.79 Å². The number of carbonyl (C=O) groups excluding carboxylic acids is 2. The van der Waals surface area contributed by atoms with Gasteiger partial charge in [0.05, 0.1) is 22.8 Å². The quantitative estimate of drug-likeness (QED) is 0.600. The molecule has 1 aliphatic heterocycles. The van der Waals surface area contributed by atoms with Gasteiger partial charge in [0.2, 0.25) is 0 Å². The van der Waals surface area contributed by atoms with E-state index in [0.717, 1.165) is 23.1 Å². The molecule has 2 heterocycles. The Balaban J connectivity index is 1.78. The van der Waals surface area contributed by atoms with E-state index >= 15 is 0 Å². The van der Waals surface area contributed by atoms with Crippen molar-refractivity contribution in [3.63, 3.8) is 0 Å². The van der Waals surface area contributed by atoms with Gasteiger partial charge >= 0.3 is 6.09 Å². The normalized spacial score (nSPS) is 15.0. The molecule has 7 heteroatoms. The molecule has 0 aliphatic carbocycles. The van der Waals surface area contributed by atoms with Crippen molar-refractivity contribution >= 4 is 40.1 Å². The number of aromatic nitrogens is 1. The Labute approximate surface area is 188 Å². The van der Waals surface area contributed by atoms with Gasteiger partial charge in [0.25, 0.3) is 5.91 Å². The fourth-order valence-electron chi connectivity index (χ4n) is 3.53. The van der Waals surface area contributed by atoms with Crippen molar-refractivity contribution < 1.29 is 14.3 Å². The average molecular weight is 442 g/mol. The van der Waals surface area contributed by atoms with Gasteiger partial charge in [0, 0.05) is 37.1 Å². The Morgan fingerprint density at radius 3 is 2.48 bits per heavy atom. The molecular formula is C24H28ClN3O3. The molecule has 0 N–H and O–H groups in total. The zero-order valence-corrected chi connectivity index (χ0v) is 19.0. The SMILES string of the molecule is C/C=C\C(=C/C)c1cc(Cl)c2ccc(C(=O)N3CCN(C(=O)OCCC)CC3)cc2n1. The number of benzene rings is 1. The maximum absolute atomic E-state index is 13.1. The van der Waals surface area contributed by atoms with Crippen LogP contribution in [-0.4, -0.2) is 59.6 Å². The number of pyridine rings is 1. The third-order valence-electron chi connectivity index (χ3n) is 5.21. The maximum Gasteiger partial charge on any atom is 0.409 e. The summed E-state index contributed by atoms with van der Waals surface area (Å²) in [6.07, 6.45) is 6.38. The molecule has 6 nitrogen and oxygen atoms in total. The molecule has 31 heavy (non-hydrogen) atoms. The van der Waals surface area contributed by atoms with Gasteiger partial charge in [-0.1, -0.05) is 42.8 Å². The third kappa shape index (κ3) is 5.25. The van der Waals surface area contributed by atoms with E-state index in [1.807, 2.05) is 51.1 Å². The first-order valence-electron chi connectivity index (χ1n) is 10.6. The predicted molar refractivity (Wildman–Crippen MR) is 124 cm³/mol. The van der Waals surface area contributed by atoms with Crippen LogP contribution in [0, 0.1) is 0 Å². The number of ether oxygens (including phenoxy) is 1. The largest absolute Gasteiger partial charge is 0.449 e. The lowest BCUT2D eigenvalue weighted by Gasteiger charge is -2.34. The molecule has 3 rings (SSSR count). The molecule has 0 atom stereocenters. The molecule has 1 aromatic carbocycles. The Kier molecular flexibility index (Phi) is 7.69. The van der Waals surface area contributed by atoms with Crippen LogP contribution in [0.1, 0.15) is 43.2 Å². The summed E-state index contributed by atoms with van der Waals surface area (Å²) < 4.78 is 5.18. The van der Waals surface area contributed by atoms with Crippen LogP contribution in [0.2, 0.25) is 5.02 Å². The van der Waals surface area contributed by atoms with E-state index in [9.17, 15) is 9.59 Å². The summed E-state index contributed by atoms with van der Waals surface area (Å²) in [4.78, 5) is 33.2. The van der Waals surface area contributed by atoms with E-state index in [-0.39, 0.29) is 12.0 Å². The van der Waals surface area contributed by atoms with E-state index in [0.29, 0.717) is 48.9 Å². The summed E-state index contributed by atoms with van der Waals surface area (Å²) in [5, 5.41) is 1.41. The first-order chi connectivity index (χ1) is 15.0. The molecule has 2 aromatic rings. The van der Waals surface area contributed by atoms with Crippen LogP contribution in [-0.2, 0) is 4.74 Å². The monoisotopic (exact) mass is 441 g/mol.